The lowest BCUT2D eigenvalue weighted by molar-refractivity contribution is -0.147. The topological polar surface area (TPSA) is 50.8 Å². The predicted molar refractivity (Wildman–Crippen MR) is 122 cm³/mol. The molecule has 0 radical (unpaired) electrons. The summed E-state index contributed by atoms with van der Waals surface area (Å²) >= 11 is 0. The molecule has 4 atom stereocenters. The van der Waals surface area contributed by atoms with Gasteiger partial charge in [-0.3, -0.25) is 9.69 Å². The summed E-state index contributed by atoms with van der Waals surface area (Å²) in [6.07, 6.45) is 5.13. The maximum absolute atomic E-state index is 13.0. The second kappa shape index (κ2) is 10.6. The van der Waals surface area contributed by atoms with Crippen LogP contribution in [0.1, 0.15) is 59.8 Å². The summed E-state index contributed by atoms with van der Waals surface area (Å²) in [5, 5.41) is 3.07. The minimum absolute atomic E-state index is 0.0158. The lowest BCUT2D eigenvalue weighted by Gasteiger charge is -2.38. The Labute approximate surface area is 182 Å². The van der Waals surface area contributed by atoms with Gasteiger partial charge in [-0.2, -0.15) is 0 Å². The molecule has 1 saturated heterocycles. The fourth-order valence-corrected chi connectivity index (χ4v) is 5.33. The monoisotopic (exact) mass is 416 g/mol. The van der Waals surface area contributed by atoms with Gasteiger partial charge in [0.25, 0.3) is 5.91 Å². The van der Waals surface area contributed by atoms with Crippen molar-refractivity contribution >= 4 is 11.6 Å². The zero-order valence-corrected chi connectivity index (χ0v) is 19.3. The molecule has 1 saturated carbocycles. The van der Waals surface area contributed by atoms with E-state index >= 15 is 0 Å². The molecule has 1 aliphatic heterocycles. The standard InChI is InChI=1S/C25H40N2O3/c1-5-30-25(12-6-7-19(2)16-25)24(28)26-22-8-10-23(11-9-22)29-14-13-27-17-20(3)15-21(4)18-27/h8-11,19-21H,5-7,12-18H2,1-4H3,(H,26,28). The van der Waals surface area contributed by atoms with Crippen LogP contribution in [0.25, 0.3) is 0 Å². The molecule has 1 heterocycles. The maximum atomic E-state index is 13.0. The van der Waals surface area contributed by atoms with Crippen LogP contribution in [-0.4, -0.2) is 49.3 Å². The highest BCUT2D eigenvalue weighted by molar-refractivity contribution is 5.97. The van der Waals surface area contributed by atoms with E-state index in [2.05, 4.69) is 31.0 Å². The molecule has 4 unspecified atom stereocenters. The minimum atomic E-state index is -0.690. The molecule has 1 aliphatic carbocycles. The first-order valence-electron chi connectivity index (χ1n) is 11.8. The fraction of sp³-hybridized carbons (Fsp3) is 0.720. The molecule has 5 nitrogen and oxygen atoms in total. The number of likely N-dealkylation sites (tertiary alicyclic amines) is 1. The van der Waals surface area contributed by atoms with Crippen molar-refractivity contribution < 1.29 is 14.3 Å². The third-order valence-corrected chi connectivity index (χ3v) is 6.52. The number of ether oxygens (including phenoxy) is 2. The highest BCUT2D eigenvalue weighted by Crippen LogP contribution is 2.36. The number of amides is 1. The van der Waals surface area contributed by atoms with E-state index in [-0.39, 0.29) is 5.91 Å². The van der Waals surface area contributed by atoms with Gasteiger partial charge in [0, 0.05) is 31.9 Å². The van der Waals surface area contributed by atoms with E-state index in [9.17, 15) is 4.79 Å². The molecule has 30 heavy (non-hydrogen) atoms. The Kier molecular flexibility index (Phi) is 8.18. The number of hydrogen-bond donors (Lipinski definition) is 1. The number of anilines is 1. The van der Waals surface area contributed by atoms with Gasteiger partial charge in [-0.05, 0) is 74.6 Å². The van der Waals surface area contributed by atoms with Crippen molar-refractivity contribution in [3.8, 4) is 5.75 Å². The zero-order valence-electron chi connectivity index (χ0n) is 19.3. The first-order chi connectivity index (χ1) is 14.4. The molecule has 168 valence electrons. The van der Waals surface area contributed by atoms with E-state index in [0.29, 0.717) is 19.1 Å². The number of nitrogens with zero attached hydrogens (tertiary/aromatic N) is 1. The van der Waals surface area contributed by atoms with Crippen LogP contribution in [-0.2, 0) is 9.53 Å². The van der Waals surface area contributed by atoms with Crippen LogP contribution in [0.3, 0.4) is 0 Å². The van der Waals surface area contributed by atoms with Crippen molar-refractivity contribution in [2.75, 3.05) is 38.2 Å². The van der Waals surface area contributed by atoms with Gasteiger partial charge in [0.05, 0.1) is 0 Å². The van der Waals surface area contributed by atoms with E-state index in [1.807, 2.05) is 31.2 Å². The predicted octanol–water partition coefficient (Wildman–Crippen LogP) is 4.97. The molecule has 5 heteroatoms. The molecule has 0 spiro atoms. The Bertz CT molecular complexity index is 663. The van der Waals surface area contributed by atoms with Crippen molar-refractivity contribution in [1.82, 2.24) is 4.90 Å². The van der Waals surface area contributed by atoms with E-state index in [4.69, 9.17) is 9.47 Å². The Hall–Kier alpha value is -1.59. The second-order valence-corrected chi connectivity index (χ2v) is 9.66. The average molecular weight is 417 g/mol. The Morgan fingerprint density at radius 2 is 1.83 bits per heavy atom. The van der Waals surface area contributed by atoms with E-state index < -0.39 is 5.60 Å². The molecule has 3 rings (SSSR count). The maximum Gasteiger partial charge on any atom is 0.256 e. The van der Waals surface area contributed by atoms with Gasteiger partial charge in [0.15, 0.2) is 0 Å². The molecule has 2 fully saturated rings. The minimum Gasteiger partial charge on any atom is -0.492 e. The second-order valence-electron chi connectivity index (χ2n) is 9.66. The number of nitrogens with one attached hydrogen (secondary N) is 1. The first-order valence-corrected chi connectivity index (χ1v) is 11.8. The first kappa shape index (κ1) is 23.1. The quantitative estimate of drug-likeness (QED) is 0.650. The van der Waals surface area contributed by atoms with Crippen molar-refractivity contribution in [3.63, 3.8) is 0 Å². The number of rotatable bonds is 8. The van der Waals surface area contributed by atoms with Gasteiger partial charge >= 0.3 is 0 Å². The molecule has 1 N–H and O–H groups in total. The molecule has 0 bridgehead atoms. The van der Waals surface area contributed by atoms with Crippen molar-refractivity contribution in [2.45, 2.75) is 65.4 Å². The van der Waals surface area contributed by atoms with Crippen LogP contribution in [0.15, 0.2) is 24.3 Å². The van der Waals surface area contributed by atoms with Crippen LogP contribution in [0.2, 0.25) is 0 Å². The van der Waals surface area contributed by atoms with Crippen LogP contribution < -0.4 is 10.1 Å². The summed E-state index contributed by atoms with van der Waals surface area (Å²) in [7, 11) is 0. The third kappa shape index (κ3) is 6.21. The summed E-state index contributed by atoms with van der Waals surface area (Å²) in [5.41, 5.74) is 0.105. The molecule has 1 amide bonds. The molecule has 2 aliphatic rings. The molecular weight excluding hydrogens is 376 g/mol. The summed E-state index contributed by atoms with van der Waals surface area (Å²) < 4.78 is 11.9. The van der Waals surface area contributed by atoms with Crippen molar-refractivity contribution in [1.29, 1.82) is 0 Å². The van der Waals surface area contributed by atoms with Crippen molar-refractivity contribution in [3.05, 3.63) is 24.3 Å². The third-order valence-electron chi connectivity index (χ3n) is 6.52. The summed E-state index contributed by atoms with van der Waals surface area (Å²) in [6.45, 7) is 13.4. The lowest BCUT2D eigenvalue weighted by Crippen LogP contribution is -2.48. The van der Waals surface area contributed by atoms with Gasteiger partial charge in [0.2, 0.25) is 0 Å². The van der Waals surface area contributed by atoms with Gasteiger partial charge in [-0.25, -0.2) is 0 Å². The van der Waals surface area contributed by atoms with Crippen LogP contribution in [0.5, 0.6) is 5.75 Å². The number of piperidine rings is 1. The smallest absolute Gasteiger partial charge is 0.256 e. The van der Waals surface area contributed by atoms with Gasteiger partial charge in [0.1, 0.15) is 18.0 Å². The number of carbonyl (C=O) groups excluding carboxylic acids is 1. The van der Waals surface area contributed by atoms with Gasteiger partial charge in [-0.1, -0.05) is 27.2 Å². The normalized spacial score (nSPS) is 30.1. The molecule has 0 aromatic heterocycles. The number of benzene rings is 1. The molecular formula is C25H40N2O3. The van der Waals surface area contributed by atoms with Crippen LogP contribution >= 0.6 is 0 Å². The summed E-state index contributed by atoms with van der Waals surface area (Å²) in [5.74, 6) is 2.88. The van der Waals surface area contributed by atoms with Crippen molar-refractivity contribution in [2.24, 2.45) is 17.8 Å². The van der Waals surface area contributed by atoms with Gasteiger partial charge in [-0.15, -0.1) is 0 Å². The van der Waals surface area contributed by atoms with E-state index in [0.717, 1.165) is 49.1 Å². The number of hydrogen-bond acceptors (Lipinski definition) is 4. The highest BCUT2D eigenvalue weighted by Gasteiger charge is 2.42. The zero-order chi connectivity index (χ0) is 21.6. The Balaban J connectivity index is 1.49. The Morgan fingerprint density at radius 3 is 2.47 bits per heavy atom. The summed E-state index contributed by atoms with van der Waals surface area (Å²) in [6, 6.07) is 7.72. The van der Waals surface area contributed by atoms with Crippen LogP contribution in [0, 0.1) is 17.8 Å². The number of carbonyl (C=O) groups is 1. The summed E-state index contributed by atoms with van der Waals surface area (Å²) in [4.78, 5) is 15.5. The SMILES string of the molecule is CCOC1(C(=O)Nc2ccc(OCCN3CC(C)CC(C)C3)cc2)CCCC(C)C1. The largest absolute Gasteiger partial charge is 0.492 e. The molecule has 1 aromatic carbocycles. The average Bonchev–Trinajstić information content (AvgIpc) is 2.69. The van der Waals surface area contributed by atoms with Gasteiger partial charge < -0.3 is 14.8 Å². The molecule has 1 aromatic rings. The van der Waals surface area contributed by atoms with E-state index in [1.165, 1.54) is 25.9 Å². The van der Waals surface area contributed by atoms with E-state index in [1.54, 1.807) is 0 Å². The highest BCUT2D eigenvalue weighted by atomic mass is 16.5. The lowest BCUT2D eigenvalue weighted by atomic mass is 9.78. The Morgan fingerprint density at radius 1 is 1.13 bits per heavy atom. The fourth-order valence-electron chi connectivity index (χ4n) is 5.33. The van der Waals surface area contributed by atoms with Crippen LogP contribution in [0.4, 0.5) is 5.69 Å².